The van der Waals surface area contributed by atoms with E-state index in [9.17, 15) is 9.59 Å². The quantitative estimate of drug-likeness (QED) is 0.816. The average Bonchev–Trinajstić information content (AvgIpc) is 3.16. The lowest BCUT2D eigenvalue weighted by Gasteiger charge is -2.53. The largest absolute Gasteiger partial charge is 0.378 e. The summed E-state index contributed by atoms with van der Waals surface area (Å²) in [4.78, 5) is 28.2. The van der Waals surface area contributed by atoms with Gasteiger partial charge in [-0.2, -0.15) is 0 Å². The van der Waals surface area contributed by atoms with E-state index in [1.807, 2.05) is 6.07 Å². The molecule has 152 valence electrons. The fraction of sp³-hybridized carbons (Fsp3) is 0.682. The third-order valence-corrected chi connectivity index (χ3v) is 7.58. The Morgan fingerprint density at radius 2 is 2.14 bits per heavy atom. The first-order valence-corrected chi connectivity index (χ1v) is 10.4. The molecule has 1 aromatic rings. The van der Waals surface area contributed by atoms with Gasteiger partial charge in [-0.05, 0) is 60.5 Å². The van der Waals surface area contributed by atoms with E-state index in [4.69, 9.17) is 4.74 Å². The number of aromatic nitrogens is 1. The van der Waals surface area contributed by atoms with Crippen molar-refractivity contribution in [2.45, 2.75) is 58.6 Å². The summed E-state index contributed by atoms with van der Waals surface area (Å²) in [7, 11) is 0. The molecule has 1 aromatic heterocycles. The van der Waals surface area contributed by atoms with Crippen molar-refractivity contribution in [2.75, 3.05) is 13.2 Å². The number of amides is 2. The second kappa shape index (κ2) is 7.14. The smallest absolute Gasteiger partial charge is 0.269 e. The van der Waals surface area contributed by atoms with E-state index in [1.165, 1.54) is 6.42 Å². The zero-order chi connectivity index (χ0) is 19.9. The minimum absolute atomic E-state index is 0.0596. The van der Waals surface area contributed by atoms with Gasteiger partial charge in [0, 0.05) is 32.3 Å². The predicted octanol–water partition coefficient (Wildman–Crippen LogP) is 2.55. The van der Waals surface area contributed by atoms with Gasteiger partial charge in [0.15, 0.2) is 0 Å². The molecule has 1 aliphatic heterocycles. The van der Waals surface area contributed by atoms with Crippen molar-refractivity contribution >= 4 is 11.8 Å². The Morgan fingerprint density at radius 3 is 2.86 bits per heavy atom. The van der Waals surface area contributed by atoms with Crippen LogP contribution in [-0.2, 0) is 9.53 Å². The molecule has 0 aromatic carbocycles. The van der Waals surface area contributed by atoms with Gasteiger partial charge in [0.1, 0.15) is 5.69 Å². The van der Waals surface area contributed by atoms with Crippen LogP contribution in [0.3, 0.4) is 0 Å². The van der Waals surface area contributed by atoms with Crippen LogP contribution >= 0.6 is 0 Å². The molecule has 4 rings (SSSR count). The highest BCUT2D eigenvalue weighted by Gasteiger charge is 2.68. The molecule has 0 unspecified atom stereocenters. The number of ether oxygens (including phenoxy) is 1. The maximum Gasteiger partial charge on any atom is 0.269 e. The first-order valence-electron chi connectivity index (χ1n) is 10.4. The number of rotatable bonds is 5. The Labute approximate surface area is 166 Å². The Kier molecular flexibility index (Phi) is 4.94. The second-order valence-corrected chi connectivity index (χ2v) is 9.35. The van der Waals surface area contributed by atoms with Crippen LogP contribution in [0.5, 0.6) is 0 Å². The van der Waals surface area contributed by atoms with Crippen molar-refractivity contribution in [2.24, 2.45) is 22.7 Å². The molecule has 1 saturated heterocycles. The molecular weight excluding hydrogens is 354 g/mol. The number of carbonyl (C=O) groups is 2. The third-order valence-electron chi connectivity index (χ3n) is 7.58. The van der Waals surface area contributed by atoms with Crippen molar-refractivity contribution in [3.63, 3.8) is 0 Å². The predicted molar refractivity (Wildman–Crippen MR) is 106 cm³/mol. The van der Waals surface area contributed by atoms with Crippen LogP contribution in [0.15, 0.2) is 24.4 Å². The molecule has 2 aliphatic carbocycles. The molecule has 2 saturated carbocycles. The van der Waals surface area contributed by atoms with E-state index < -0.39 is 0 Å². The Hall–Kier alpha value is -1.95. The molecule has 2 amide bonds. The topological polar surface area (TPSA) is 80.3 Å². The van der Waals surface area contributed by atoms with Crippen molar-refractivity contribution in [3.8, 4) is 0 Å². The molecule has 6 heteroatoms. The average molecular weight is 386 g/mol. The highest BCUT2D eigenvalue weighted by Crippen LogP contribution is 2.68. The Balaban J connectivity index is 1.42. The highest BCUT2D eigenvalue weighted by atomic mass is 16.5. The third kappa shape index (κ3) is 3.11. The number of nitrogens with one attached hydrogen (secondary N) is 2. The minimum atomic E-state index is -0.142. The van der Waals surface area contributed by atoms with Crippen LogP contribution < -0.4 is 10.6 Å². The van der Waals surface area contributed by atoms with Crippen LogP contribution in [0.1, 0.15) is 56.9 Å². The zero-order valence-corrected chi connectivity index (χ0v) is 17.0. The van der Waals surface area contributed by atoms with E-state index in [0.29, 0.717) is 24.1 Å². The van der Waals surface area contributed by atoms with E-state index in [-0.39, 0.29) is 34.8 Å². The van der Waals surface area contributed by atoms with Gasteiger partial charge in [-0.3, -0.25) is 14.6 Å². The Morgan fingerprint density at radius 1 is 1.32 bits per heavy atom. The molecule has 5 atom stereocenters. The number of nitrogens with zero attached hydrogens (tertiary/aromatic N) is 1. The maximum atomic E-state index is 12.2. The van der Waals surface area contributed by atoms with Gasteiger partial charge >= 0.3 is 0 Å². The molecule has 2 bridgehead atoms. The van der Waals surface area contributed by atoms with Crippen LogP contribution in [-0.4, -0.2) is 42.1 Å². The summed E-state index contributed by atoms with van der Waals surface area (Å²) in [5, 5.41) is 6.27. The molecule has 28 heavy (non-hydrogen) atoms. The second-order valence-electron chi connectivity index (χ2n) is 9.35. The minimum Gasteiger partial charge on any atom is -0.378 e. The normalized spacial score (nSPS) is 35.2. The lowest BCUT2D eigenvalue weighted by molar-refractivity contribution is -0.135. The van der Waals surface area contributed by atoms with Gasteiger partial charge in [0.05, 0.1) is 6.10 Å². The summed E-state index contributed by atoms with van der Waals surface area (Å²) >= 11 is 0. The molecule has 1 spiro atoms. The highest BCUT2D eigenvalue weighted by molar-refractivity contribution is 5.92. The molecule has 2 heterocycles. The van der Waals surface area contributed by atoms with Crippen molar-refractivity contribution in [3.05, 3.63) is 30.1 Å². The molecule has 3 aliphatic rings. The maximum absolute atomic E-state index is 12.2. The van der Waals surface area contributed by atoms with Gasteiger partial charge in [0.2, 0.25) is 5.91 Å². The molecule has 6 nitrogen and oxygen atoms in total. The molecule has 2 N–H and O–H groups in total. The van der Waals surface area contributed by atoms with Gasteiger partial charge < -0.3 is 15.4 Å². The summed E-state index contributed by atoms with van der Waals surface area (Å²) in [6, 6.07) is 5.54. The van der Waals surface area contributed by atoms with Gasteiger partial charge in [-0.15, -0.1) is 0 Å². The van der Waals surface area contributed by atoms with Crippen LogP contribution in [0, 0.1) is 22.7 Å². The number of pyridine rings is 1. The van der Waals surface area contributed by atoms with Crippen molar-refractivity contribution in [1.82, 2.24) is 15.6 Å². The SMILES string of the molecule is CC(=O)N[C@@H]1C(C)(C)[C@@H]2C[C@@H]3[C@@H](CCNC(=O)c4ccccn4)OCC[C@@]31C2. The standard InChI is InChI=1S/C22H31N3O3/c1-14(26)25-20-21(2,3)15-12-16-18(28-11-8-22(16,20)13-15)7-10-24-19(27)17-6-4-5-9-23-17/h4-6,9,15-16,18,20H,7-8,10-13H2,1-3H3,(H,24,27)(H,25,26)/t15-,16-,18-,20-,22-/m1/s1. The number of hydrogen-bond acceptors (Lipinski definition) is 4. The summed E-state index contributed by atoms with van der Waals surface area (Å²) in [5.74, 6) is 0.977. The van der Waals surface area contributed by atoms with Crippen molar-refractivity contribution in [1.29, 1.82) is 0 Å². The van der Waals surface area contributed by atoms with Gasteiger partial charge in [-0.25, -0.2) is 0 Å². The van der Waals surface area contributed by atoms with E-state index >= 15 is 0 Å². The first-order chi connectivity index (χ1) is 13.3. The molecule has 3 fully saturated rings. The van der Waals surface area contributed by atoms with E-state index in [2.05, 4.69) is 29.5 Å². The fourth-order valence-corrected chi connectivity index (χ4v) is 6.31. The molecule has 0 radical (unpaired) electrons. The van der Waals surface area contributed by atoms with Crippen LogP contribution in [0.2, 0.25) is 0 Å². The lowest BCUT2D eigenvalue weighted by atomic mass is 9.59. The summed E-state index contributed by atoms with van der Waals surface area (Å²) in [5.41, 5.74) is 0.696. The van der Waals surface area contributed by atoms with Crippen LogP contribution in [0.25, 0.3) is 0 Å². The van der Waals surface area contributed by atoms with Gasteiger partial charge in [-0.1, -0.05) is 19.9 Å². The zero-order valence-electron chi connectivity index (χ0n) is 17.0. The first kappa shape index (κ1) is 19.4. The number of hydrogen-bond donors (Lipinski definition) is 2. The van der Waals surface area contributed by atoms with Gasteiger partial charge in [0.25, 0.3) is 5.91 Å². The van der Waals surface area contributed by atoms with Crippen LogP contribution in [0.4, 0.5) is 0 Å². The number of carbonyl (C=O) groups excluding carboxylic acids is 2. The fourth-order valence-electron chi connectivity index (χ4n) is 6.31. The summed E-state index contributed by atoms with van der Waals surface area (Å²) in [6.45, 7) is 7.54. The van der Waals surface area contributed by atoms with E-state index in [0.717, 1.165) is 25.9 Å². The van der Waals surface area contributed by atoms with E-state index in [1.54, 1.807) is 25.3 Å². The van der Waals surface area contributed by atoms with Crippen molar-refractivity contribution < 1.29 is 14.3 Å². The monoisotopic (exact) mass is 385 g/mol. The lowest BCUT2D eigenvalue weighted by Crippen LogP contribution is -2.60. The summed E-state index contributed by atoms with van der Waals surface area (Å²) in [6.07, 6.45) is 5.90. The Bertz CT molecular complexity index is 751. The summed E-state index contributed by atoms with van der Waals surface area (Å²) < 4.78 is 6.17. The number of fused-ring (bicyclic) bond motifs is 1. The molecular formula is C22H31N3O3.